The molecule has 2 aliphatic heterocycles. The molecular formula is C30H35N3O6. The first-order valence-electron chi connectivity index (χ1n) is 13.2. The minimum absolute atomic E-state index is 0.139. The van der Waals surface area contributed by atoms with Gasteiger partial charge in [0.05, 0.1) is 29.1 Å². The SMILES string of the molecule is COC(=O)C1=C(C)NC(C)=C(C(=O)OC(CN2CCC(C)CC2)c2ccccc2)C1c1cccc([N+](=O)[O-])c1. The number of hydrogen-bond donors (Lipinski definition) is 1. The molecule has 2 aliphatic rings. The number of ether oxygens (including phenoxy) is 2. The molecule has 0 amide bonds. The minimum Gasteiger partial charge on any atom is -0.466 e. The lowest BCUT2D eigenvalue weighted by molar-refractivity contribution is -0.384. The Morgan fingerprint density at radius 1 is 1.03 bits per heavy atom. The second kappa shape index (κ2) is 12.3. The van der Waals surface area contributed by atoms with Gasteiger partial charge in [0, 0.05) is 30.1 Å². The highest BCUT2D eigenvalue weighted by Crippen LogP contribution is 2.41. The third-order valence-corrected chi connectivity index (χ3v) is 7.52. The number of non-ortho nitro benzene ring substituents is 1. The molecule has 1 N–H and O–H groups in total. The Balaban J connectivity index is 1.72. The molecule has 2 aromatic rings. The molecule has 206 valence electrons. The van der Waals surface area contributed by atoms with Gasteiger partial charge in [-0.15, -0.1) is 0 Å². The number of methoxy groups -OCH3 is 1. The van der Waals surface area contributed by atoms with E-state index in [2.05, 4.69) is 17.1 Å². The average molecular weight is 534 g/mol. The van der Waals surface area contributed by atoms with E-state index in [1.54, 1.807) is 26.0 Å². The fraction of sp³-hybridized carbons (Fsp3) is 0.400. The van der Waals surface area contributed by atoms with Crippen LogP contribution in [0.1, 0.15) is 56.8 Å². The van der Waals surface area contributed by atoms with E-state index in [1.165, 1.54) is 19.2 Å². The third-order valence-electron chi connectivity index (χ3n) is 7.52. The summed E-state index contributed by atoms with van der Waals surface area (Å²) in [7, 11) is 1.27. The maximum absolute atomic E-state index is 14.0. The van der Waals surface area contributed by atoms with Gasteiger partial charge >= 0.3 is 11.9 Å². The molecule has 1 fully saturated rings. The van der Waals surface area contributed by atoms with Crippen molar-refractivity contribution in [3.8, 4) is 0 Å². The highest BCUT2D eigenvalue weighted by Gasteiger charge is 2.39. The Labute approximate surface area is 228 Å². The van der Waals surface area contributed by atoms with Crippen LogP contribution < -0.4 is 5.32 Å². The fourth-order valence-corrected chi connectivity index (χ4v) is 5.35. The number of piperidine rings is 1. The molecule has 0 saturated carbocycles. The Kier molecular flexibility index (Phi) is 8.81. The summed E-state index contributed by atoms with van der Waals surface area (Å²) in [5, 5.41) is 14.7. The van der Waals surface area contributed by atoms with Crippen LogP contribution in [-0.2, 0) is 19.1 Å². The summed E-state index contributed by atoms with van der Waals surface area (Å²) in [5.41, 5.74) is 2.61. The van der Waals surface area contributed by atoms with Crippen LogP contribution in [-0.4, -0.2) is 48.5 Å². The summed E-state index contributed by atoms with van der Waals surface area (Å²) in [6.07, 6.45) is 1.64. The number of carbonyl (C=O) groups excluding carboxylic acids is 2. The van der Waals surface area contributed by atoms with Crippen LogP contribution in [0.3, 0.4) is 0 Å². The Morgan fingerprint density at radius 2 is 1.67 bits per heavy atom. The van der Waals surface area contributed by atoms with Crippen LogP contribution in [0.5, 0.6) is 0 Å². The van der Waals surface area contributed by atoms with Crippen LogP contribution >= 0.6 is 0 Å². The highest BCUT2D eigenvalue weighted by molar-refractivity contribution is 6.00. The molecule has 9 heteroatoms. The molecule has 2 aromatic carbocycles. The van der Waals surface area contributed by atoms with Crippen LogP contribution in [0.15, 0.2) is 77.1 Å². The first kappa shape index (κ1) is 28.0. The number of nitrogens with one attached hydrogen (secondary N) is 1. The molecule has 0 aromatic heterocycles. The van der Waals surface area contributed by atoms with Gasteiger partial charge in [0.1, 0.15) is 6.10 Å². The average Bonchev–Trinajstić information content (AvgIpc) is 2.93. The Bertz CT molecular complexity index is 1290. The lowest BCUT2D eigenvalue weighted by atomic mass is 9.80. The first-order chi connectivity index (χ1) is 18.7. The van der Waals surface area contributed by atoms with Crippen molar-refractivity contribution in [2.75, 3.05) is 26.7 Å². The van der Waals surface area contributed by atoms with E-state index in [-0.39, 0.29) is 16.8 Å². The number of allylic oxidation sites excluding steroid dienone is 2. The van der Waals surface area contributed by atoms with E-state index in [4.69, 9.17) is 9.47 Å². The van der Waals surface area contributed by atoms with Gasteiger partial charge < -0.3 is 14.8 Å². The first-order valence-corrected chi connectivity index (χ1v) is 13.2. The molecule has 4 rings (SSSR count). The maximum Gasteiger partial charge on any atom is 0.337 e. The van der Waals surface area contributed by atoms with Gasteiger partial charge in [-0.3, -0.25) is 15.0 Å². The van der Waals surface area contributed by atoms with Gasteiger partial charge in [0.25, 0.3) is 5.69 Å². The minimum atomic E-state index is -0.904. The molecule has 2 atom stereocenters. The Morgan fingerprint density at radius 3 is 2.28 bits per heavy atom. The van der Waals surface area contributed by atoms with Crippen molar-refractivity contribution in [2.24, 2.45) is 5.92 Å². The van der Waals surface area contributed by atoms with Gasteiger partial charge in [-0.2, -0.15) is 0 Å². The zero-order chi connectivity index (χ0) is 28.1. The lowest BCUT2D eigenvalue weighted by Crippen LogP contribution is -2.38. The second-order valence-electron chi connectivity index (χ2n) is 10.3. The van der Waals surface area contributed by atoms with Crippen molar-refractivity contribution < 1.29 is 24.0 Å². The predicted octanol–water partition coefficient (Wildman–Crippen LogP) is 5.02. The van der Waals surface area contributed by atoms with E-state index < -0.39 is 28.9 Å². The van der Waals surface area contributed by atoms with E-state index in [0.29, 0.717) is 29.4 Å². The third kappa shape index (κ3) is 6.37. The van der Waals surface area contributed by atoms with Crippen molar-refractivity contribution in [3.63, 3.8) is 0 Å². The fourth-order valence-electron chi connectivity index (χ4n) is 5.35. The number of hydrogen-bond acceptors (Lipinski definition) is 8. The largest absolute Gasteiger partial charge is 0.466 e. The number of rotatable bonds is 8. The van der Waals surface area contributed by atoms with Crippen LogP contribution in [0.25, 0.3) is 0 Å². The molecule has 1 saturated heterocycles. The molecule has 9 nitrogen and oxygen atoms in total. The van der Waals surface area contributed by atoms with E-state index >= 15 is 0 Å². The summed E-state index contributed by atoms with van der Waals surface area (Å²) in [5.74, 6) is -1.46. The number of carbonyl (C=O) groups is 2. The van der Waals surface area contributed by atoms with Crippen LogP contribution in [0, 0.1) is 16.0 Å². The van der Waals surface area contributed by atoms with Gasteiger partial charge in [-0.1, -0.05) is 49.4 Å². The molecule has 2 unspecified atom stereocenters. The molecule has 0 spiro atoms. The van der Waals surface area contributed by atoms with Gasteiger partial charge in [0.15, 0.2) is 0 Å². The molecule has 2 heterocycles. The number of nitrogens with zero attached hydrogens (tertiary/aromatic N) is 2. The standard InChI is InChI=1S/C30H35N3O6/c1-19-13-15-32(16-14-19)18-25(22-9-6-5-7-10-22)39-30(35)27-21(3)31-20(2)26(29(34)38-4)28(27)23-11-8-12-24(17-23)33(36)37/h5-12,17,19,25,28,31H,13-16,18H2,1-4H3. The van der Waals surface area contributed by atoms with Crippen molar-refractivity contribution in [1.29, 1.82) is 0 Å². The van der Waals surface area contributed by atoms with E-state index in [9.17, 15) is 19.7 Å². The summed E-state index contributed by atoms with van der Waals surface area (Å²) >= 11 is 0. The number of likely N-dealkylation sites (tertiary alicyclic amines) is 1. The summed E-state index contributed by atoms with van der Waals surface area (Å²) in [4.78, 5) is 40.3. The smallest absolute Gasteiger partial charge is 0.337 e. The molecule has 0 radical (unpaired) electrons. The Hall–Kier alpha value is -3.98. The normalized spacial score (nSPS) is 19.3. The quantitative estimate of drug-likeness (QED) is 0.286. The molecule has 0 bridgehead atoms. The monoisotopic (exact) mass is 533 g/mol. The molecule has 39 heavy (non-hydrogen) atoms. The van der Waals surface area contributed by atoms with E-state index in [1.807, 2.05) is 30.3 Å². The molecule has 0 aliphatic carbocycles. The van der Waals surface area contributed by atoms with E-state index in [0.717, 1.165) is 31.5 Å². The topological polar surface area (TPSA) is 111 Å². The van der Waals surface area contributed by atoms with Crippen LogP contribution in [0.2, 0.25) is 0 Å². The maximum atomic E-state index is 14.0. The van der Waals surface area contributed by atoms with Crippen molar-refractivity contribution in [3.05, 3.63) is 98.4 Å². The zero-order valence-corrected chi connectivity index (χ0v) is 22.8. The summed E-state index contributed by atoms with van der Waals surface area (Å²) in [6, 6.07) is 15.6. The van der Waals surface area contributed by atoms with Gasteiger partial charge in [-0.05, 0) is 56.8 Å². The van der Waals surface area contributed by atoms with Crippen molar-refractivity contribution in [2.45, 2.75) is 45.6 Å². The summed E-state index contributed by atoms with van der Waals surface area (Å²) < 4.78 is 11.3. The number of esters is 2. The molecular weight excluding hydrogens is 498 g/mol. The number of nitro benzene ring substituents is 1. The summed E-state index contributed by atoms with van der Waals surface area (Å²) in [6.45, 7) is 8.10. The van der Waals surface area contributed by atoms with Crippen LogP contribution in [0.4, 0.5) is 5.69 Å². The lowest BCUT2D eigenvalue weighted by Gasteiger charge is -2.34. The highest BCUT2D eigenvalue weighted by atomic mass is 16.6. The zero-order valence-electron chi connectivity index (χ0n) is 22.8. The van der Waals surface area contributed by atoms with Crippen molar-refractivity contribution >= 4 is 17.6 Å². The number of benzene rings is 2. The van der Waals surface area contributed by atoms with Gasteiger partial charge in [-0.25, -0.2) is 9.59 Å². The van der Waals surface area contributed by atoms with Crippen molar-refractivity contribution in [1.82, 2.24) is 10.2 Å². The van der Waals surface area contributed by atoms with Gasteiger partial charge in [0.2, 0.25) is 0 Å². The predicted molar refractivity (Wildman–Crippen MR) is 147 cm³/mol. The second-order valence-corrected chi connectivity index (χ2v) is 10.3. The number of dihydropyridines is 1. The number of nitro groups is 1.